The molecule has 1 aromatic rings. The number of amides is 1. The highest BCUT2D eigenvalue weighted by Crippen LogP contribution is 2.28. The fourth-order valence-corrected chi connectivity index (χ4v) is 4.15. The molecule has 0 radical (unpaired) electrons. The molecule has 5 nitrogen and oxygen atoms in total. The monoisotopic (exact) mass is 302 g/mol. The minimum Gasteiger partial charge on any atom is -0.346 e. The maximum atomic E-state index is 12.8. The molecule has 0 unspecified atom stereocenters. The molecular formula is C17H26N4O. The van der Waals surface area contributed by atoms with Crippen LogP contribution in [0.5, 0.6) is 0 Å². The van der Waals surface area contributed by atoms with Crippen LogP contribution in [0.3, 0.4) is 0 Å². The second kappa shape index (κ2) is 5.69. The van der Waals surface area contributed by atoms with E-state index in [9.17, 15) is 4.79 Å². The molecular weight excluding hydrogens is 276 g/mol. The first kappa shape index (κ1) is 14.2. The molecule has 0 aromatic carbocycles. The number of aromatic nitrogens is 2. The molecule has 1 amide bonds. The molecule has 0 spiro atoms. The Labute approximate surface area is 132 Å². The van der Waals surface area contributed by atoms with Crippen molar-refractivity contribution in [2.24, 2.45) is 5.92 Å². The smallest absolute Gasteiger partial charge is 0.226 e. The Morgan fingerprint density at radius 1 is 1.18 bits per heavy atom. The number of imidazole rings is 1. The molecule has 2 aliphatic carbocycles. The quantitative estimate of drug-likeness (QED) is 0.901. The molecule has 0 bridgehead atoms. The SMILES string of the molecule is Cc1nc2c([nH]1)C[C@@H](C(=O)N1CCN(C3CCC3)CC1)CC2. The maximum Gasteiger partial charge on any atom is 0.226 e. The van der Waals surface area contributed by atoms with Gasteiger partial charge in [-0.2, -0.15) is 0 Å². The minimum atomic E-state index is 0.155. The van der Waals surface area contributed by atoms with Gasteiger partial charge in [0.1, 0.15) is 5.82 Å². The van der Waals surface area contributed by atoms with E-state index >= 15 is 0 Å². The molecule has 1 atom stereocenters. The predicted octanol–water partition coefficient (Wildman–Crippen LogP) is 1.52. The lowest BCUT2D eigenvalue weighted by Crippen LogP contribution is -2.54. The number of H-pyrrole nitrogens is 1. The van der Waals surface area contributed by atoms with Gasteiger partial charge in [0.2, 0.25) is 5.91 Å². The third kappa shape index (κ3) is 2.56. The van der Waals surface area contributed by atoms with Gasteiger partial charge in [-0.15, -0.1) is 0 Å². The highest BCUT2D eigenvalue weighted by Gasteiger charge is 2.33. The van der Waals surface area contributed by atoms with E-state index in [0.717, 1.165) is 57.3 Å². The zero-order valence-electron chi connectivity index (χ0n) is 13.5. The number of aromatic amines is 1. The van der Waals surface area contributed by atoms with Crippen molar-refractivity contribution in [3.63, 3.8) is 0 Å². The van der Waals surface area contributed by atoms with Crippen molar-refractivity contribution in [2.75, 3.05) is 26.2 Å². The van der Waals surface area contributed by atoms with Crippen molar-refractivity contribution < 1.29 is 4.79 Å². The van der Waals surface area contributed by atoms with Crippen LogP contribution in [0.25, 0.3) is 0 Å². The highest BCUT2D eigenvalue weighted by molar-refractivity contribution is 5.79. The number of hydrogen-bond donors (Lipinski definition) is 1. The van der Waals surface area contributed by atoms with Gasteiger partial charge in [-0.3, -0.25) is 9.69 Å². The molecule has 2 heterocycles. The summed E-state index contributed by atoms with van der Waals surface area (Å²) in [6.45, 7) is 5.96. The summed E-state index contributed by atoms with van der Waals surface area (Å²) in [5.41, 5.74) is 2.37. The first-order valence-electron chi connectivity index (χ1n) is 8.78. The molecule has 22 heavy (non-hydrogen) atoms. The summed E-state index contributed by atoms with van der Waals surface area (Å²) < 4.78 is 0. The first-order valence-corrected chi connectivity index (χ1v) is 8.78. The van der Waals surface area contributed by atoms with Gasteiger partial charge in [-0.25, -0.2) is 4.98 Å². The van der Waals surface area contributed by atoms with Crippen molar-refractivity contribution in [1.29, 1.82) is 0 Å². The number of nitrogens with one attached hydrogen (secondary N) is 1. The van der Waals surface area contributed by atoms with Crippen molar-refractivity contribution in [1.82, 2.24) is 19.8 Å². The average Bonchev–Trinajstić information content (AvgIpc) is 2.84. The minimum absolute atomic E-state index is 0.155. The summed E-state index contributed by atoms with van der Waals surface area (Å²) in [6.07, 6.45) is 6.85. The summed E-state index contributed by atoms with van der Waals surface area (Å²) in [7, 11) is 0. The second-order valence-electron chi connectivity index (χ2n) is 7.13. The lowest BCUT2D eigenvalue weighted by Gasteiger charge is -2.43. The van der Waals surface area contributed by atoms with Gasteiger partial charge in [0.05, 0.1) is 5.69 Å². The standard InChI is InChI=1S/C17H26N4O/c1-12-18-15-6-5-13(11-16(15)19-12)17(22)21-9-7-20(8-10-21)14-3-2-4-14/h13-14H,2-11H2,1H3,(H,18,19)/t13-/m0/s1. The predicted molar refractivity (Wildman–Crippen MR) is 84.6 cm³/mol. The van der Waals surface area contributed by atoms with E-state index in [1.54, 1.807) is 0 Å². The Balaban J connectivity index is 1.34. The number of rotatable bonds is 2. The Hall–Kier alpha value is -1.36. The summed E-state index contributed by atoms with van der Waals surface area (Å²) in [5, 5.41) is 0. The highest BCUT2D eigenvalue weighted by atomic mass is 16.2. The molecule has 1 N–H and O–H groups in total. The van der Waals surface area contributed by atoms with Crippen LogP contribution in [0.2, 0.25) is 0 Å². The second-order valence-corrected chi connectivity index (χ2v) is 7.13. The number of piperazine rings is 1. The summed E-state index contributed by atoms with van der Waals surface area (Å²) in [4.78, 5) is 25.3. The van der Waals surface area contributed by atoms with Crippen LogP contribution in [0.4, 0.5) is 0 Å². The van der Waals surface area contributed by atoms with E-state index in [0.29, 0.717) is 5.91 Å². The summed E-state index contributed by atoms with van der Waals surface area (Å²) in [5.74, 6) is 1.50. The largest absolute Gasteiger partial charge is 0.346 e. The van der Waals surface area contributed by atoms with Gasteiger partial charge in [-0.05, 0) is 32.6 Å². The molecule has 1 aromatic heterocycles. The average molecular weight is 302 g/mol. The fraction of sp³-hybridized carbons (Fsp3) is 0.765. The van der Waals surface area contributed by atoms with Crippen molar-refractivity contribution in [2.45, 2.75) is 51.5 Å². The number of carbonyl (C=O) groups excluding carboxylic acids is 1. The van der Waals surface area contributed by atoms with Crippen LogP contribution in [0.15, 0.2) is 0 Å². The third-order valence-corrected chi connectivity index (χ3v) is 5.73. The van der Waals surface area contributed by atoms with E-state index in [2.05, 4.69) is 19.8 Å². The van der Waals surface area contributed by atoms with Crippen LogP contribution in [-0.4, -0.2) is 57.9 Å². The van der Waals surface area contributed by atoms with Crippen LogP contribution < -0.4 is 0 Å². The molecule has 2 fully saturated rings. The van der Waals surface area contributed by atoms with Gasteiger partial charge in [0.15, 0.2) is 0 Å². The molecule has 1 saturated carbocycles. The van der Waals surface area contributed by atoms with Gasteiger partial charge < -0.3 is 9.88 Å². The molecule has 120 valence electrons. The van der Waals surface area contributed by atoms with Crippen molar-refractivity contribution in [3.05, 3.63) is 17.2 Å². The van der Waals surface area contributed by atoms with Gasteiger partial charge >= 0.3 is 0 Å². The Morgan fingerprint density at radius 2 is 1.95 bits per heavy atom. The Morgan fingerprint density at radius 3 is 2.64 bits per heavy atom. The number of aryl methyl sites for hydroxylation is 2. The third-order valence-electron chi connectivity index (χ3n) is 5.73. The molecule has 4 rings (SSSR count). The molecule has 1 aliphatic heterocycles. The maximum absolute atomic E-state index is 12.8. The van der Waals surface area contributed by atoms with Gasteiger partial charge in [0, 0.05) is 50.3 Å². The molecule has 1 saturated heterocycles. The summed E-state index contributed by atoms with van der Waals surface area (Å²) >= 11 is 0. The molecule has 3 aliphatic rings. The molecule has 5 heteroatoms. The Bertz CT molecular complexity index is 555. The lowest BCUT2D eigenvalue weighted by molar-refractivity contribution is -0.138. The zero-order valence-corrected chi connectivity index (χ0v) is 13.5. The van der Waals surface area contributed by atoms with E-state index in [1.165, 1.54) is 30.7 Å². The number of fused-ring (bicyclic) bond motifs is 1. The van der Waals surface area contributed by atoms with Crippen LogP contribution in [-0.2, 0) is 17.6 Å². The lowest BCUT2D eigenvalue weighted by atomic mass is 9.88. The first-order chi connectivity index (χ1) is 10.7. The summed E-state index contributed by atoms with van der Waals surface area (Å²) in [6, 6.07) is 0.808. The van der Waals surface area contributed by atoms with Crippen LogP contribution in [0, 0.1) is 12.8 Å². The normalized spacial score (nSPS) is 26.6. The number of carbonyl (C=O) groups is 1. The fourth-order valence-electron chi connectivity index (χ4n) is 4.15. The topological polar surface area (TPSA) is 52.2 Å². The van der Waals surface area contributed by atoms with Gasteiger partial charge in [-0.1, -0.05) is 6.42 Å². The van der Waals surface area contributed by atoms with Crippen molar-refractivity contribution >= 4 is 5.91 Å². The Kier molecular flexibility index (Phi) is 3.68. The van der Waals surface area contributed by atoms with E-state index < -0.39 is 0 Å². The van der Waals surface area contributed by atoms with Gasteiger partial charge in [0.25, 0.3) is 0 Å². The zero-order chi connectivity index (χ0) is 15.1. The van der Waals surface area contributed by atoms with E-state index in [-0.39, 0.29) is 5.92 Å². The van der Waals surface area contributed by atoms with Crippen molar-refractivity contribution in [3.8, 4) is 0 Å². The number of nitrogens with zero attached hydrogens (tertiary/aromatic N) is 3. The van der Waals surface area contributed by atoms with E-state index in [4.69, 9.17) is 0 Å². The number of hydrogen-bond acceptors (Lipinski definition) is 3. The van der Waals surface area contributed by atoms with Crippen LogP contribution in [0.1, 0.15) is 42.9 Å². The van der Waals surface area contributed by atoms with Crippen LogP contribution >= 0.6 is 0 Å². The van der Waals surface area contributed by atoms with E-state index in [1.807, 2.05) is 6.92 Å².